The number of nitrogens with zero attached hydrogens (tertiary/aromatic N) is 1. The zero-order valence-corrected chi connectivity index (χ0v) is 6.59. The van der Waals surface area contributed by atoms with Gasteiger partial charge in [-0.25, -0.2) is 4.79 Å². The van der Waals surface area contributed by atoms with Crippen LogP contribution in [0.2, 0.25) is 0 Å². The zero-order chi connectivity index (χ0) is 8.15. The summed E-state index contributed by atoms with van der Waals surface area (Å²) >= 11 is 0. The number of rotatable bonds is 3. The summed E-state index contributed by atoms with van der Waals surface area (Å²) in [6, 6.07) is -0.00694. The fraction of sp³-hybridized carbons (Fsp3) is 0.833. The molecule has 1 atom stereocenters. The Balaban J connectivity index is 3.43. The summed E-state index contributed by atoms with van der Waals surface area (Å²) in [5, 5.41) is 10.6. The van der Waals surface area contributed by atoms with Crippen LogP contribution < -0.4 is 5.32 Å². The van der Waals surface area contributed by atoms with Crippen molar-refractivity contribution in [2.75, 3.05) is 20.6 Å². The molecule has 0 rings (SSSR count). The van der Waals surface area contributed by atoms with Crippen molar-refractivity contribution in [3.05, 3.63) is 0 Å². The van der Waals surface area contributed by atoms with Crippen molar-refractivity contribution in [1.29, 1.82) is 0 Å². The van der Waals surface area contributed by atoms with E-state index < -0.39 is 6.09 Å². The van der Waals surface area contributed by atoms with E-state index in [-0.39, 0.29) is 6.04 Å². The number of hydrogen-bond donors (Lipinski definition) is 2. The molecule has 0 aliphatic heterocycles. The number of carboxylic acid groups (broad SMARTS) is 1. The average Bonchev–Trinajstić information content (AvgIpc) is 1.58. The summed E-state index contributed by atoms with van der Waals surface area (Å²) in [7, 11) is 3.81. The highest BCUT2D eigenvalue weighted by Crippen LogP contribution is 1.83. The van der Waals surface area contributed by atoms with Gasteiger partial charge in [-0.15, -0.1) is 0 Å². The Hall–Kier alpha value is -0.770. The Morgan fingerprint density at radius 3 is 2.50 bits per heavy atom. The Bertz CT molecular complexity index is 114. The molecular weight excluding hydrogens is 132 g/mol. The third kappa shape index (κ3) is 5.37. The molecule has 0 fully saturated rings. The highest BCUT2D eigenvalue weighted by Gasteiger charge is 2.04. The number of nitrogens with one attached hydrogen (secondary N) is 1. The third-order valence-electron chi connectivity index (χ3n) is 1.01. The van der Waals surface area contributed by atoms with Crippen molar-refractivity contribution in [3.8, 4) is 0 Å². The number of carbonyl (C=O) groups is 1. The molecule has 4 heteroatoms. The number of amides is 1. The molecule has 0 bridgehead atoms. The fourth-order valence-electron chi connectivity index (χ4n) is 0.804. The first kappa shape index (κ1) is 9.23. The Morgan fingerprint density at radius 1 is 1.70 bits per heavy atom. The summed E-state index contributed by atoms with van der Waals surface area (Å²) in [4.78, 5) is 12.0. The Labute approximate surface area is 60.8 Å². The van der Waals surface area contributed by atoms with Crippen molar-refractivity contribution in [1.82, 2.24) is 10.2 Å². The van der Waals surface area contributed by atoms with E-state index in [1.54, 1.807) is 0 Å². The van der Waals surface area contributed by atoms with Crippen LogP contribution >= 0.6 is 0 Å². The molecule has 1 unspecified atom stereocenters. The van der Waals surface area contributed by atoms with Crippen molar-refractivity contribution in [3.63, 3.8) is 0 Å². The molecular formula is C6H14N2O2. The maximum absolute atomic E-state index is 10.1. The van der Waals surface area contributed by atoms with E-state index in [0.29, 0.717) is 0 Å². The second-order valence-electron chi connectivity index (χ2n) is 2.61. The van der Waals surface area contributed by atoms with Gasteiger partial charge in [0.1, 0.15) is 0 Å². The summed E-state index contributed by atoms with van der Waals surface area (Å²) in [5.41, 5.74) is 0. The van der Waals surface area contributed by atoms with Gasteiger partial charge in [-0.1, -0.05) is 0 Å². The Morgan fingerprint density at radius 2 is 2.20 bits per heavy atom. The molecule has 60 valence electrons. The van der Waals surface area contributed by atoms with Crippen molar-refractivity contribution in [2.24, 2.45) is 0 Å². The predicted octanol–water partition coefficient (Wildman–Crippen LogP) is 0.204. The molecule has 2 N–H and O–H groups in total. The van der Waals surface area contributed by atoms with Crippen LogP contribution in [0.25, 0.3) is 0 Å². The van der Waals surface area contributed by atoms with Crippen LogP contribution in [-0.2, 0) is 0 Å². The van der Waals surface area contributed by atoms with E-state index in [9.17, 15) is 4.79 Å². The molecule has 1 amide bonds. The van der Waals surface area contributed by atoms with E-state index in [1.807, 2.05) is 25.9 Å². The van der Waals surface area contributed by atoms with Crippen LogP contribution in [-0.4, -0.2) is 42.8 Å². The van der Waals surface area contributed by atoms with Gasteiger partial charge in [0.05, 0.1) is 0 Å². The first-order valence-electron chi connectivity index (χ1n) is 3.16. The van der Waals surface area contributed by atoms with E-state index in [4.69, 9.17) is 5.11 Å². The molecule has 0 saturated carbocycles. The second kappa shape index (κ2) is 4.11. The highest BCUT2D eigenvalue weighted by atomic mass is 16.4. The lowest BCUT2D eigenvalue weighted by atomic mass is 10.3. The van der Waals surface area contributed by atoms with Gasteiger partial charge >= 0.3 is 6.09 Å². The minimum atomic E-state index is -0.964. The summed E-state index contributed by atoms with van der Waals surface area (Å²) < 4.78 is 0. The Kier molecular flexibility index (Phi) is 3.79. The van der Waals surface area contributed by atoms with Gasteiger partial charge in [0.2, 0.25) is 0 Å². The van der Waals surface area contributed by atoms with Gasteiger partial charge in [-0.2, -0.15) is 0 Å². The molecule has 0 heterocycles. The molecule has 0 aliphatic rings. The van der Waals surface area contributed by atoms with E-state index in [1.165, 1.54) is 0 Å². The maximum Gasteiger partial charge on any atom is 0.404 e. The smallest absolute Gasteiger partial charge is 0.404 e. The average molecular weight is 146 g/mol. The lowest BCUT2D eigenvalue weighted by Gasteiger charge is -2.15. The van der Waals surface area contributed by atoms with Crippen LogP contribution in [0.5, 0.6) is 0 Å². The molecule has 0 spiro atoms. The molecule has 4 nitrogen and oxygen atoms in total. The number of hydrogen-bond acceptors (Lipinski definition) is 2. The first-order chi connectivity index (χ1) is 4.52. The normalized spacial score (nSPS) is 13.2. The molecule has 0 aliphatic carbocycles. The van der Waals surface area contributed by atoms with Gasteiger partial charge in [-0.05, 0) is 21.0 Å². The topological polar surface area (TPSA) is 52.6 Å². The quantitative estimate of drug-likeness (QED) is 0.598. The predicted molar refractivity (Wildman–Crippen MR) is 39.2 cm³/mol. The molecule has 10 heavy (non-hydrogen) atoms. The van der Waals surface area contributed by atoms with Gasteiger partial charge in [-0.3, -0.25) is 0 Å². The zero-order valence-electron chi connectivity index (χ0n) is 6.59. The molecule has 0 aromatic heterocycles. The standard InChI is InChI=1S/C6H14N2O2/c1-5(4-8(2)3)7-6(9)10/h5,7H,4H2,1-3H3,(H,9,10). The summed E-state index contributed by atoms with van der Waals surface area (Å²) in [6.45, 7) is 2.56. The molecule has 0 aromatic rings. The lowest BCUT2D eigenvalue weighted by molar-refractivity contribution is 0.188. The fourth-order valence-corrected chi connectivity index (χ4v) is 0.804. The van der Waals surface area contributed by atoms with Crippen molar-refractivity contribution < 1.29 is 9.90 Å². The van der Waals surface area contributed by atoms with Crippen LogP contribution in [0.1, 0.15) is 6.92 Å². The van der Waals surface area contributed by atoms with Crippen LogP contribution in [0.3, 0.4) is 0 Å². The molecule has 0 aromatic carbocycles. The van der Waals surface area contributed by atoms with Crippen LogP contribution in [0.4, 0.5) is 4.79 Å². The summed E-state index contributed by atoms with van der Waals surface area (Å²) in [5.74, 6) is 0. The lowest BCUT2D eigenvalue weighted by Crippen LogP contribution is -2.38. The van der Waals surface area contributed by atoms with Crippen molar-refractivity contribution in [2.45, 2.75) is 13.0 Å². The van der Waals surface area contributed by atoms with E-state index >= 15 is 0 Å². The largest absolute Gasteiger partial charge is 0.465 e. The van der Waals surface area contributed by atoms with Gasteiger partial charge in [0, 0.05) is 12.6 Å². The van der Waals surface area contributed by atoms with Gasteiger partial charge < -0.3 is 15.3 Å². The van der Waals surface area contributed by atoms with Gasteiger partial charge in [0.15, 0.2) is 0 Å². The van der Waals surface area contributed by atoms with Crippen LogP contribution in [0.15, 0.2) is 0 Å². The molecule has 0 saturated heterocycles. The SMILES string of the molecule is CC(CN(C)C)NC(=O)O. The number of likely N-dealkylation sites (N-methyl/N-ethyl adjacent to an activating group) is 1. The minimum absolute atomic E-state index is 0.00694. The summed E-state index contributed by atoms with van der Waals surface area (Å²) in [6.07, 6.45) is -0.964. The highest BCUT2D eigenvalue weighted by molar-refractivity contribution is 5.64. The van der Waals surface area contributed by atoms with Crippen LogP contribution in [0, 0.1) is 0 Å². The van der Waals surface area contributed by atoms with Gasteiger partial charge in [0.25, 0.3) is 0 Å². The first-order valence-corrected chi connectivity index (χ1v) is 3.16. The monoisotopic (exact) mass is 146 g/mol. The van der Waals surface area contributed by atoms with Crippen molar-refractivity contribution >= 4 is 6.09 Å². The minimum Gasteiger partial charge on any atom is -0.465 e. The molecule has 0 radical (unpaired) electrons. The van der Waals surface area contributed by atoms with E-state index in [0.717, 1.165) is 6.54 Å². The van der Waals surface area contributed by atoms with E-state index in [2.05, 4.69) is 5.32 Å². The third-order valence-corrected chi connectivity index (χ3v) is 1.01. The second-order valence-corrected chi connectivity index (χ2v) is 2.61. The maximum atomic E-state index is 10.1.